The summed E-state index contributed by atoms with van der Waals surface area (Å²) in [6.45, 7) is 3.70. The van der Waals surface area contributed by atoms with E-state index >= 15 is 0 Å². The minimum absolute atomic E-state index is 0.0108. The van der Waals surface area contributed by atoms with E-state index in [9.17, 15) is 4.79 Å². The van der Waals surface area contributed by atoms with Gasteiger partial charge in [0.15, 0.2) is 5.04 Å². The van der Waals surface area contributed by atoms with Gasteiger partial charge >= 0.3 is 0 Å². The molecule has 0 bridgehead atoms. The fourth-order valence-corrected chi connectivity index (χ4v) is 4.19. The maximum absolute atomic E-state index is 11.9. The zero-order valence-corrected chi connectivity index (χ0v) is 16.8. The van der Waals surface area contributed by atoms with Crippen molar-refractivity contribution >= 4 is 51.8 Å². The van der Waals surface area contributed by atoms with Crippen molar-refractivity contribution in [2.45, 2.75) is 35.4 Å². The summed E-state index contributed by atoms with van der Waals surface area (Å²) in [5.74, 6) is -0.153. The number of benzene rings is 2. The molecule has 1 saturated heterocycles. The van der Waals surface area contributed by atoms with Gasteiger partial charge in [-0.1, -0.05) is 47.3 Å². The van der Waals surface area contributed by atoms with E-state index in [4.69, 9.17) is 11.6 Å². The van der Waals surface area contributed by atoms with Crippen molar-refractivity contribution in [1.29, 1.82) is 0 Å². The molecule has 0 aliphatic carbocycles. The van der Waals surface area contributed by atoms with Crippen molar-refractivity contribution in [2.24, 2.45) is 10.2 Å². The Bertz CT molecular complexity index is 844. The van der Waals surface area contributed by atoms with Gasteiger partial charge in [-0.3, -0.25) is 4.79 Å². The molecule has 134 valence electrons. The molecule has 2 aromatic carbocycles. The van der Waals surface area contributed by atoms with Gasteiger partial charge in [0, 0.05) is 26.9 Å². The number of hydrogen-bond donors (Lipinski definition) is 1. The topological polar surface area (TPSA) is 53.8 Å². The van der Waals surface area contributed by atoms with E-state index in [1.54, 1.807) is 11.8 Å². The quantitative estimate of drug-likeness (QED) is 0.563. The van der Waals surface area contributed by atoms with Crippen LogP contribution in [0.3, 0.4) is 0 Å². The molecule has 1 unspecified atom stereocenters. The van der Waals surface area contributed by atoms with Crippen LogP contribution >= 0.6 is 35.1 Å². The Balaban J connectivity index is 1.59. The monoisotopic (exact) mass is 403 g/mol. The number of rotatable bonds is 5. The van der Waals surface area contributed by atoms with E-state index in [0.29, 0.717) is 5.04 Å². The minimum Gasteiger partial charge on any atom is -0.338 e. The molecule has 1 aliphatic rings. The molecule has 1 aliphatic heterocycles. The summed E-state index contributed by atoms with van der Waals surface area (Å²) >= 11 is 9.03. The van der Waals surface area contributed by atoms with Crippen LogP contribution in [0.1, 0.15) is 19.4 Å². The molecule has 0 spiro atoms. The molecule has 0 aromatic heterocycles. The number of amides is 1. The fourth-order valence-electron chi connectivity index (χ4n) is 2.28. The lowest BCUT2D eigenvalue weighted by molar-refractivity contribution is -0.114. The third-order valence-electron chi connectivity index (χ3n) is 3.47. The Labute approximate surface area is 166 Å². The Hall–Kier alpha value is -1.76. The summed E-state index contributed by atoms with van der Waals surface area (Å²) in [6, 6.07) is 16.2. The lowest BCUT2D eigenvalue weighted by atomic mass is 10.1. The third-order valence-corrected chi connectivity index (χ3v) is 5.80. The second kappa shape index (κ2) is 8.75. The van der Waals surface area contributed by atoms with Crippen molar-refractivity contribution in [3.8, 4) is 0 Å². The summed E-state index contributed by atoms with van der Waals surface area (Å²) in [7, 11) is 0. The lowest BCUT2D eigenvalue weighted by Crippen LogP contribution is -2.27. The molecule has 0 radical (unpaired) electrons. The van der Waals surface area contributed by atoms with E-state index < -0.39 is 0 Å². The van der Waals surface area contributed by atoms with Crippen molar-refractivity contribution < 1.29 is 4.79 Å². The number of thioether (sulfide) groups is 1. The predicted molar refractivity (Wildman–Crippen MR) is 111 cm³/mol. The van der Waals surface area contributed by atoms with E-state index in [-0.39, 0.29) is 11.3 Å². The molecule has 26 heavy (non-hydrogen) atoms. The minimum atomic E-state index is -0.153. The summed E-state index contributed by atoms with van der Waals surface area (Å²) in [5.41, 5.74) is 1.99. The molecule has 1 fully saturated rings. The molecule has 3 rings (SSSR count). The second-order valence-corrected chi connectivity index (χ2v) is 8.71. The standard InChI is InChI=1S/C19H18ClN3OS2/c1-12(2)22-23-19-18(24)21-17(26-19)11-13-3-7-15(8-4-13)25-16-9-5-14(20)6-10-16/h3-10,17H,11H2,1-2H3,(H,21,24)/b23-19-. The molecule has 1 heterocycles. The summed E-state index contributed by atoms with van der Waals surface area (Å²) < 4.78 is 0. The third kappa shape index (κ3) is 5.37. The molecule has 1 N–H and O–H groups in total. The largest absolute Gasteiger partial charge is 0.338 e. The highest BCUT2D eigenvalue weighted by molar-refractivity contribution is 8.16. The molecule has 2 aromatic rings. The van der Waals surface area contributed by atoms with Crippen molar-refractivity contribution in [1.82, 2.24) is 5.32 Å². The first-order valence-corrected chi connectivity index (χ1v) is 10.2. The summed E-state index contributed by atoms with van der Waals surface area (Å²) in [4.78, 5) is 14.2. The number of nitrogens with one attached hydrogen (secondary N) is 1. The van der Waals surface area contributed by atoms with E-state index in [1.807, 2.05) is 38.1 Å². The highest BCUT2D eigenvalue weighted by atomic mass is 35.5. The average Bonchev–Trinajstić information content (AvgIpc) is 2.96. The van der Waals surface area contributed by atoms with Crippen LogP contribution in [0.25, 0.3) is 0 Å². The molecule has 4 nitrogen and oxygen atoms in total. The van der Waals surface area contributed by atoms with Crippen LogP contribution in [0.15, 0.2) is 68.5 Å². The fraction of sp³-hybridized carbons (Fsp3) is 0.211. The molecule has 0 saturated carbocycles. The van der Waals surface area contributed by atoms with Gasteiger partial charge in [-0.05, 0) is 55.8 Å². The van der Waals surface area contributed by atoms with Gasteiger partial charge in [-0.15, -0.1) is 5.10 Å². The van der Waals surface area contributed by atoms with Gasteiger partial charge < -0.3 is 5.32 Å². The van der Waals surface area contributed by atoms with Crippen molar-refractivity contribution in [2.75, 3.05) is 0 Å². The maximum atomic E-state index is 11.9. The van der Waals surface area contributed by atoms with Crippen molar-refractivity contribution in [3.05, 3.63) is 59.1 Å². The molecule has 1 atom stereocenters. The number of carbonyl (C=O) groups is 1. The molecular weight excluding hydrogens is 386 g/mol. The maximum Gasteiger partial charge on any atom is 0.279 e. The van der Waals surface area contributed by atoms with Gasteiger partial charge in [0.25, 0.3) is 5.91 Å². The predicted octanol–water partition coefficient (Wildman–Crippen LogP) is 5.02. The van der Waals surface area contributed by atoms with E-state index in [1.165, 1.54) is 17.3 Å². The van der Waals surface area contributed by atoms with Gasteiger partial charge in [-0.25, -0.2) is 0 Å². The Morgan fingerprint density at radius 3 is 2.35 bits per heavy atom. The van der Waals surface area contributed by atoms with Gasteiger partial charge in [0.2, 0.25) is 0 Å². The average molecular weight is 404 g/mol. The SMILES string of the molecule is CC(C)=N/N=C1\SC(Cc2ccc(Sc3ccc(Cl)cc3)cc2)NC1=O. The van der Waals surface area contributed by atoms with Crippen LogP contribution in [0, 0.1) is 0 Å². The van der Waals surface area contributed by atoms with Gasteiger partial charge in [0.05, 0.1) is 5.37 Å². The van der Waals surface area contributed by atoms with E-state index in [0.717, 1.165) is 26.9 Å². The normalized spacial score (nSPS) is 18.0. The van der Waals surface area contributed by atoms with Crippen LogP contribution in [-0.4, -0.2) is 22.0 Å². The smallest absolute Gasteiger partial charge is 0.279 e. The van der Waals surface area contributed by atoms with Crippen LogP contribution in [0.5, 0.6) is 0 Å². The first-order chi connectivity index (χ1) is 12.5. The van der Waals surface area contributed by atoms with Crippen LogP contribution in [0.2, 0.25) is 5.02 Å². The van der Waals surface area contributed by atoms with Crippen molar-refractivity contribution in [3.63, 3.8) is 0 Å². The van der Waals surface area contributed by atoms with E-state index in [2.05, 4.69) is 39.8 Å². The second-order valence-electron chi connectivity index (χ2n) is 5.94. The van der Waals surface area contributed by atoms with Gasteiger partial charge in [0.1, 0.15) is 0 Å². The first-order valence-electron chi connectivity index (χ1n) is 8.08. The molecular formula is C19H18ClN3OS2. The first kappa shape index (κ1) is 19.0. The summed E-state index contributed by atoms with van der Waals surface area (Å²) in [6.07, 6.45) is 0.746. The van der Waals surface area contributed by atoms with Crippen LogP contribution < -0.4 is 5.32 Å². The lowest BCUT2D eigenvalue weighted by Gasteiger charge is -2.09. The number of nitrogens with zero attached hydrogens (tertiary/aromatic N) is 2. The van der Waals surface area contributed by atoms with Crippen LogP contribution in [0.4, 0.5) is 0 Å². The highest BCUT2D eigenvalue weighted by Crippen LogP contribution is 2.29. The molecule has 1 amide bonds. The number of carbonyl (C=O) groups excluding carboxylic acids is 1. The van der Waals surface area contributed by atoms with Gasteiger partial charge in [-0.2, -0.15) is 5.10 Å². The number of hydrogen-bond acceptors (Lipinski definition) is 5. The Morgan fingerprint density at radius 1 is 1.12 bits per heavy atom. The zero-order valence-electron chi connectivity index (χ0n) is 14.4. The Kier molecular flexibility index (Phi) is 6.40. The molecule has 7 heteroatoms. The number of halogens is 1. The summed E-state index contributed by atoms with van der Waals surface area (Å²) in [5, 5.41) is 12.1. The van der Waals surface area contributed by atoms with Crippen LogP contribution in [-0.2, 0) is 11.2 Å². The Morgan fingerprint density at radius 2 is 1.73 bits per heavy atom. The highest BCUT2D eigenvalue weighted by Gasteiger charge is 2.29. The zero-order chi connectivity index (χ0) is 18.5.